The van der Waals surface area contributed by atoms with Gasteiger partial charge in [-0.3, -0.25) is 9.59 Å². The Morgan fingerprint density at radius 1 is 0.970 bits per heavy atom. The molecule has 0 radical (unpaired) electrons. The molecule has 0 atom stereocenters. The Labute approximate surface area is 189 Å². The fraction of sp³-hybridized carbons (Fsp3) is 0.208. The Morgan fingerprint density at radius 2 is 1.67 bits per heavy atom. The molecule has 0 saturated carbocycles. The fourth-order valence-corrected chi connectivity index (χ4v) is 2.79. The standard InChI is InChI=1S/C24H23F2N3O4/c1-2-10-32-20-5-7-21(8-6-20)33-24-16(4-3-9-27-24)14-28-22(30)15-29-23(31)17-11-18(25)13-19(26)12-17/h3-9,11-13H,2,10,14-15H2,1H3,(H,28,30)(H,29,31). The SMILES string of the molecule is CCCOc1ccc(Oc2ncccc2CNC(=O)CNC(=O)c2cc(F)cc(F)c2)cc1. The molecule has 2 N–H and O–H groups in total. The van der Waals surface area contributed by atoms with E-state index < -0.39 is 23.4 Å². The molecule has 0 saturated heterocycles. The van der Waals surface area contributed by atoms with Crippen molar-refractivity contribution >= 4 is 11.8 Å². The summed E-state index contributed by atoms with van der Waals surface area (Å²) in [6, 6.07) is 13.0. The van der Waals surface area contributed by atoms with E-state index in [9.17, 15) is 18.4 Å². The molecule has 9 heteroatoms. The van der Waals surface area contributed by atoms with Gasteiger partial charge in [0, 0.05) is 29.9 Å². The first-order valence-corrected chi connectivity index (χ1v) is 10.3. The molecule has 0 fully saturated rings. The van der Waals surface area contributed by atoms with Crippen LogP contribution in [-0.2, 0) is 11.3 Å². The van der Waals surface area contributed by atoms with Gasteiger partial charge in [0.25, 0.3) is 5.91 Å². The molecule has 1 heterocycles. The van der Waals surface area contributed by atoms with Crippen molar-refractivity contribution in [2.45, 2.75) is 19.9 Å². The average molecular weight is 455 g/mol. The van der Waals surface area contributed by atoms with Crippen molar-refractivity contribution in [3.8, 4) is 17.4 Å². The van der Waals surface area contributed by atoms with Crippen molar-refractivity contribution in [3.63, 3.8) is 0 Å². The molecule has 0 aliphatic carbocycles. The van der Waals surface area contributed by atoms with Gasteiger partial charge in [0.05, 0.1) is 13.2 Å². The van der Waals surface area contributed by atoms with Gasteiger partial charge in [0.15, 0.2) is 0 Å². The van der Waals surface area contributed by atoms with E-state index in [1.165, 1.54) is 0 Å². The maximum Gasteiger partial charge on any atom is 0.251 e. The molecule has 7 nitrogen and oxygen atoms in total. The Balaban J connectivity index is 1.53. The Morgan fingerprint density at radius 3 is 2.36 bits per heavy atom. The van der Waals surface area contributed by atoms with Crippen LogP contribution in [0.2, 0.25) is 0 Å². The molecule has 2 amide bonds. The highest BCUT2D eigenvalue weighted by molar-refractivity contribution is 5.96. The summed E-state index contributed by atoms with van der Waals surface area (Å²) in [6.45, 7) is 2.39. The van der Waals surface area contributed by atoms with Crippen LogP contribution in [0.3, 0.4) is 0 Å². The number of carbonyl (C=O) groups is 2. The first-order valence-electron chi connectivity index (χ1n) is 10.3. The molecule has 3 aromatic rings. The number of nitrogens with zero attached hydrogens (tertiary/aromatic N) is 1. The van der Waals surface area contributed by atoms with Crippen LogP contribution in [0.15, 0.2) is 60.8 Å². The third kappa shape index (κ3) is 7.27. The van der Waals surface area contributed by atoms with Crippen LogP contribution < -0.4 is 20.1 Å². The minimum absolute atomic E-state index is 0.101. The molecule has 172 valence electrons. The van der Waals surface area contributed by atoms with E-state index in [1.54, 1.807) is 42.6 Å². The molecule has 0 unspecified atom stereocenters. The first-order chi connectivity index (χ1) is 15.9. The van der Waals surface area contributed by atoms with Gasteiger partial charge in [-0.2, -0.15) is 0 Å². The van der Waals surface area contributed by atoms with Crippen LogP contribution >= 0.6 is 0 Å². The maximum atomic E-state index is 13.2. The van der Waals surface area contributed by atoms with E-state index in [4.69, 9.17) is 9.47 Å². The number of nitrogens with one attached hydrogen (secondary N) is 2. The average Bonchev–Trinajstić information content (AvgIpc) is 2.81. The summed E-state index contributed by atoms with van der Waals surface area (Å²) < 4.78 is 37.8. The van der Waals surface area contributed by atoms with Crippen molar-refractivity contribution in [1.82, 2.24) is 15.6 Å². The minimum atomic E-state index is -0.878. The molecule has 0 bridgehead atoms. The highest BCUT2D eigenvalue weighted by atomic mass is 19.1. The molecule has 3 rings (SSSR count). The third-order valence-corrected chi connectivity index (χ3v) is 4.37. The van der Waals surface area contributed by atoms with Crippen molar-refractivity contribution < 1.29 is 27.8 Å². The van der Waals surface area contributed by atoms with Gasteiger partial charge in [-0.05, 0) is 48.9 Å². The highest BCUT2D eigenvalue weighted by Crippen LogP contribution is 2.25. The first kappa shape index (κ1) is 23.6. The zero-order valence-corrected chi connectivity index (χ0v) is 17.9. The number of aromatic nitrogens is 1. The monoisotopic (exact) mass is 455 g/mol. The van der Waals surface area contributed by atoms with Gasteiger partial charge in [-0.1, -0.05) is 13.0 Å². The number of amides is 2. The Kier molecular flexibility index (Phi) is 8.29. The number of halogens is 2. The fourth-order valence-electron chi connectivity index (χ4n) is 2.79. The normalized spacial score (nSPS) is 10.4. The lowest BCUT2D eigenvalue weighted by molar-refractivity contribution is -0.120. The van der Waals surface area contributed by atoms with Crippen LogP contribution in [0.25, 0.3) is 0 Å². The van der Waals surface area contributed by atoms with Gasteiger partial charge in [0.1, 0.15) is 23.1 Å². The number of carbonyl (C=O) groups excluding carboxylic acids is 2. The summed E-state index contributed by atoms with van der Waals surface area (Å²) >= 11 is 0. The lowest BCUT2D eigenvalue weighted by Crippen LogP contribution is -2.36. The van der Waals surface area contributed by atoms with Crippen molar-refractivity contribution in [2.24, 2.45) is 0 Å². The summed E-state index contributed by atoms with van der Waals surface area (Å²) in [4.78, 5) is 28.3. The van der Waals surface area contributed by atoms with Gasteiger partial charge in [-0.25, -0.2) is 13.8 Å². The number of benzene rings is 2. The minimum Gasteiger partial charge on any atom is -0.494 e. The van der Waals surface area contributed by atoms with E-state index in [1.807, 2.05) is 6.92 Å². The highest BCUT2D eigenvalue weighted by Gasteiger charge is 2.12. The molecule has 33 heavy (non-hydrogen) atoms. The van der Waals surface area contributed by atoms with Gasteiger partial charge in [0.2, 0.25) is 11.8 Å². The topological polar surface area (TPSA) is 89.6 Å². The largest absolute Gasteiger partial charge is 0.494 e. The quantitative estimate of drug-likeness (QED) is 0.483. The van der Waals surface area contributed by atoms with Crippen LogP contribution in [0.1, 0.15) is 29.3 Å². The lowest BCUT2D eigenvalue weighted by Gasteiger charge is -2.12. The van der Waals surface area contributed by atoms with Gasteiger partial charge >= 0.3 is 0 Å². The van der Waals surface area contributed by atoms with E-state index in [2.05, 4.69) is 15.6 Å². The number of ether oxygens (including phenoxy) is 2. The molecule has 2 aromatic carbocycles. The van der Waals surface area contributed by atoms with Crippen LogP contribution in [0, 0.1) is 11.6 Å². The van der Waals surface area contributed by atoms with Gasteiger partial charge < -0.3 is 20.1 Å². The molecular formula is C24H23F2N3O4. The number of hydrogen-bond acceptors (Lipinski definition) is 5. The second kappa shape index (κ2) is 11.6. The number of rotatable bonds is 10. The second-order valence-corrected chi connectivity index (χ2v) is 7.01. The van der Waals surface area contributed by atoms with E-state index >= 15 is 0 Å². The Bertz CT molecular complexity index is 1090. The van der Waals surface area contributed by atoms with Crippen LogP contribution in [0.4, 0.5) is 8.78 Å². The van der Waals surface area contributed by atoms with E-state index in [-0.39, 0.29) is 18.7 Å². The summed E-state index contributed by atoms with van der Waals surface area (Å²) in [5.41, 5.74) is 0.407. The van der Waals surface area contributed by atoms with Crippen molar-refractivity contribution in [2.75, 3.05) is 13.2 Å². The molecule has 0 aliphatic rings. The number of pyridine rings is 1. The van der Waals surface area contributed by atoms with Crippen molar-refractivity contribution in [1.29, 1.82) is 0 Å². The molecule has 1 aromatic heterocycles. The summed E-state index contributed by atoms with van der Waals surface area (Å²) in [5.74, 6) is -1.40. The predicted molar refractivity (Wildman–Crippen MR) is 117 cm³/mol. The predicted octanol–water partition coefficient (Wildman–Crippen LogP) is 3.99. The smallest absolute Gasteiger partial charge is 0.251 e. The molecule has 0 aliphatic heterocycles. The summed E-state index contributed by atoms with van der Waals surface area (Å²) in [6.07, 6.45) is 2.48. The lowest BCUT2D eigenvalue weighted by atomic mass is 10.2. The molecular weight excluding hydrogens is 432 g/mol. The van der Waals surface area contributed by atoms with E-state index in [0.717, 1.165) is 24.3 Å². The second-order valence-electron chi connectivity index (χ2n) is 7.01. The zero-order valence-electron chi connectivity index (χ0n) is 17.9. The zero-order chi connectivity index (χ0) is 23.6. The van der Waals surface area contributed by atoms with Crippen molar-refractivity contribution in [3.05, 3.63) is 83.6 Å². The van der Waals surface area contributed by atoms with Gasteiger partial charge in [-0.15, -0.1) is 0 Å². The number of hydrogen-bond donors (Lipinski definition) is 2. The van der Waals surface area contributed by atoms with Crippen LogP contribution in [-0.4, -0.2) is 29.9 Å². The summed E-state index contributed by atoms with van der Waals surface area (Å²) in [5, 5.41) is 4.97. The maximum absolute atomic E-state index is 13.2. The Hall–Kier alpha value is -4.01. The third-order valence-electron chi connectivity index (χ3n) is 4.37. The van der Waals surface area contributed by atoms with Crippen LogP contribution in [0.5, 0.6) is 17.4 Å². The summed E-state index contributed by atoms with van der Waals surface area (Å²) in [7, 11) is 0. The van der Waals surface area contributed by atoms with E-state index in [0.29, 0.717) is 29.9 Å². The molecule has 0 spiro atoms.